The Bertz CT molecular complexity index is 746. The fourth-order valence-electron chi connectivity index (χ4n) is 1.95. The molecule has 0 radical (unpaired) electrons. The van der Waals surface area contributed by atoms with Crippen LogP contribution in [0.25, 0.3) is 0 Å². The first kappa shape index (κ1) is 15.3. The van der Waals surface area contributed by atoms with E-state index in [1.165, 1.54) is 33.5 Å². The van der Waals surface area contributed by atoms with Gasteiger partial charge in [0.05, 0.1) is 20.0 Å². The Labute approximate surface area is 121 Å². The lowest BCUT2D eigenvalue weighted by Crippen LogP contribution is -2.25. The number of aromatic nitrogens is 2. The molecule has 2 heterocycles. The van der Waals surface area contributed by atoms with Crippen LogP contribution in [0.2, 0.25) is 0 Å². The molecule has 0 bridgehead atoms. The Morgan fingerprint density at radius 2 is 2.14 bits per heavy atom. The number of hydrogen-bond donors (Lipinski definition) is 2. The molecule has 9 heteroatoms. The van der Waals surface area contributed by atoms with Crippen LogP contribution in [0.15, 0.2) is 21.8 Å². The van der Waals surface area contributed by atoms with Crippen LogP contribution in [0.1, 0.15) is 27.6 Å². The lowest BCUT2D eigenvalue weighted by Gasteiger charge is -2.06. The summed E-state index contributed by atoms with van der Waals surface area (Å²) in [7, 11) is -2.75. The summed E-state index contributed by atoms with van der Waals surface area (Å²) in [6.07, 6.45) is 2.94. The molecule has 0 aliphatic heterocycles. The van der Waals surface area contributed by atoms with Gasteiger partial charge in [-0.05, 0) is 13.8 Å². The second-order valence-electron chi connectivity index (χ2n) is 4.31. The van der Waals surface area contributed by atoms with Crippen molar-refractivity contribution in [3.63, 3.8) is 0 Å². The van der Waals surface area contributed by atoms with Crippen molar-refractivity contribution >= 4 is 16.0 Å². The summed E-state index contributed by atoms with van der Waals surface area (Å²) in [6, 6.07) is 0. The Morgan fingerprint density at radius 1 is 1.43 bits per heavy atom. The van der Waals surface area contributed by atoms with Crippen LogP contribution in [0.3, 0.4) is 0 Å². The van der Waals surface area contributed by atoms with E-state index >= 15 is 0 Å². The van der Waals surface area contributed by atoms with E-state index < -0.39 is 16.0 Å². The molecule has 0 aliphatic carbocycles. The number of methoxy groups -OCH3 is 1. The number of nitrogens with one attached hydrogen (secondary N) is 2. The van der Waals surface area contributed by atoms with E-state index in [1.807, 2.05) is 0 Å². The predicted molar refractivity (Wildman–Crippen MR) is 72.1 cm³/mol. The lowest BCUT2D eigenvalue weighted by molar-refractivity contribution is 0.0595. The third-order valence-corrected chi connectivity index (χ3v) is 4.42. The van der Waals surface area contributed by atoms with Crippen molar-refractivity contribution in [2.45, 2.75) is 25.3 Å². The summed E-state index contributed by atoms with van der Waals surface area (Å²) >= 11 is 0. The highest BCUT2D eigenvalue weighted by Gasteiger charge is 2.31. The van der Waals surface area contributed by atoms with Crippen molar-refractivity contribution in [1.29, 1.82) is 0 Å². The van der Waals surface area contributed by atoms with Crippen LogP contribution in [0.4, 0.5) is 0 Å². The number of aryl methyl sites for hydroxylation is 2. The normalized spacial score (nSPS) is 11.6. The maximum Gasteiger partial charge on any atom is 0.342 e. The molecular weight excluding hydrogens is 298 g/mol. The van der Waals surface area contributed by atoms with Crippen molar-refractivity contribution in [3.8, 4) is 0 Å². The highest BCUT2D eigenvalue weighted by atomic mass is 32.2. The number of H-pyrrole nitrogens is 1. The lowest BCUT2D eigenvalue weighted by atomic mass is 10.2. The van der Waals surface area contributed by atoms with E-state index in [0.29, 0.717) is 5.69 Å². The molecule has 0 aromatic carbocycles. The van der Waals surface area contributed by atoms with Gasteiger partial charge in [0, 0.05) is 11.9 Å². The quantitative estimate of drug-likeness (QED) is 0.792. The summed E-state index contributed by atoms with van der Waals surface area (Å²) in [4.78, 5) is 18.1. The van der Waals surface area contributed by atoms with Crippen LogP contribution in [-0.4, -0.2) is 31.5 Å². The van der Waals surface area contributed by atoms with Gasteiger partial charge in [0.25, 0.3) is 0 Å². The number of carbonyl (C=O) groups excluding carboxylic acids is 1. The maximum atomic E-state index is 12.4. The number of rotatable bonds is 5. The van der Waals surface area contributed by atoms with Crippen molar-refractivity contribution in [2.24, 2.45) is 0 Å². The van der Waals surface area contributed by atoms with Gasteiger partial charge in [-0.25, -0.2) is 22.9 Å². The highest BCUT2D eigenvalue weighted by Crippen LogP contribution is 2.27. The summed E-state index contributed by atoms with van der Waals surface area (Å²) in [6.45, 7) is 3.00. The van der Waals surface area contributed by atoms with Gasteiger partial charge in [-0.15, -0.1) is 0 Å². The summed E-state index contributed by atoms with van der Waals surface area (Å²) in [5.41, 5.74) is 0.503. The molecule has 21 heavy (non-hydrogen) atoms. The van der Waals surface area contributed by atoms with Gasteiger partial charge in [-0.1, -0.05) is 0 Å². The van der Waals surface area contributed by atoms with Crippen molar-refractivity contribution in [2.75, 3.05) is 7.11 Å². The highest BCUT2D eigenvalue weighted by molar-refractivity contribution is 7.89. The molecule has 2 N–H and O–H groups in total. The topological polar surface area (TPSA) is 114 Å². The van der Waals surface area contributed by atoms with Crippen LogP contribution < -0.4 is 4.72 Å². The van der Waals surface area contributed by atoms with Gasteiger partial charge in [0.2, 0.25) is 10.0 Å². The van der Waals surface area contributed by atoms with E-state index in [-0.39, 0.29) is 28.5 Å². The van der Waals surface area contributed by atoms with Crippen molar-refractivity contribution < 1.29 is 22.4 Å². The number of imidazole rings is 1. The third-order valence-electron chi connectivity index (χ3n) is 2.87. The smallest absolute Gasteiger partial charge is 0.342 e. The second-order valence-corrected chi connectivity index (χ2v) is 6.02. The first-order valence-corrected chi connectivity index (χ1v) is 7.50. The first-order valence-electron chi connectivity index (χ1n) is 6.02. The Kier molecular flexibility index (Phi) is 4.14. The third kappa shape index (κ3) is 2.98. The number of nitrogens with zero attached hydrogens (tertiary/aromatic N) is 1. The average Bonchev–Trinajstić information content (AvgIpc) is 3.03. The number of esters is 1. The Hall–Kier alpha value is -2.13. The van der Waals surface area contributed by atoms with Gasteiger partial charge in [-0.3, -0.25) is 0 Å². The zero-order valence-electron chi connectivity index (χ0n) is 11.8. The minimum atomic E-state index is -3.92. The van der Waals surface area contributed by atoms with Gasteiger partial charge in [0.1, 0.15) is 22.0 Å². The fraction of sp³-hybridized carbons (Fsp3) is 0.333. The van der Waals surface area contributed by atoms with Gasteiger partial charge >= 0.3 is 5.97 Å². The molecule has 0 aliphatic rings. The molecule has 0 saturated heterocycles. The Balaban J connectivity index is 2.37. The summed E-state index contributed by atoms with van der Waals surface area (Å²) < 4.78 is 37.0. The predicted octanol–water partition coefficient (Wildman–Crippen LogP) is 0.885. The summed E-state index contributed by atoms with van der Waals surface area (Å²) in [5, 5.41) is 0. The van der Waals surface area contributed by atoms with Crippen LogP contribution in [0, 0.1) is 13.8 Å². The first-order chi connectivity index (χ1) is 9.86. The molecule has 0 fully saturated rings. The number of furan rings is 1. The zero-order chi connectivity index (χ0) is 15.6. The number of ether oxygens (including phenoxy) is 1. The standard InChI is InChI=1S/C12H15N3O5S/c1-7-10(12(16)19-3)11(8(2)20-7)21(17,18)15-5-9-4-13-6-14-9/h4,6,15H,5H2,1-3H3,(H,13,14). The van der Waals surface area contributed by atoms with E-state index in [0.717, 1.165) is 0 Å². The van der Waals surface area contributed by atoms with Gasteiger partial charge < -0.3 is 14.1 Å². The fourth-order valence-corrected chi connectivity index (χ4v) is 3.36. The molecule has 0 amide bonds. The number of carbonyl (C=O) groups is 1. The number of aromatic amines is 1. The van der Waals surface area contributed by atoms with Crippen LogP contribution >= 0.6 is 0 Å². The van der Waals surface area contributed by atoms with E-state index in [9.17, 15) is 13.2 Å². The molecule has 2 rings (SSSR count). The van der Waals surface area contributed by atoms with E-state index in [4.69, 9.17) is 4.42 Å². The SMILES string of the molecule is COC(=O)c1c(C)oc(C)c1S(=O)(=O)NCc1cnc[nH]1. The maximum absolute atomic E-state index is 12.4. The van der Waals surface area contributed by atoms with E-state index in [2.05, 4.69) is 19.4 Å². The number of sulfonamides is 1. The minimum Gasteiger partial charge on any atom is -0.465 e. The van der Waals surface area contributed by atoms with Crippen molar-refractivity contribution in [1.82, 2.24) is 14.7 Å². The van der Waals surface area contributed by atoms with Crippen LogP contribution in [0.5, 0.6) is 0 Å². The van der Waals surface area contributed by atoms with Gasteiger partial charge in [-0.2, -0.15) is 0 Å². The molecule has 8 nitrogen and oxygen atoms in total. The second kappa shape index (κ2) is 5.70. The molecule has 0 atom stereocenters. The monoisotopic (exact) mass is 313 g/mol. The molecule has 0 spiro atoms. The minimum absolute atomic E-state index is 0.0204. The zero-order valence-corrected chi connectivity index (χ0v) is 12.6. The molecular formula is C12H15N3O5S. The van der Waals surface area contributed by atoms with Crippen molar-refractivity contribution in [3.05, 3.63) is 35.3 Å². The average molecular weight is 313 g/mol. The number of hydrogen-bond acceptors (Lipinski definition) is 6. The van der Waals surface area contributed by atoms with Gasteiger partial charge in [0.15, 0.2) is 0 Å². The molecule has 2 aromatic heterocycles. The largest absolute Gasteiger partial charge is 0.465 e. The molecule has 0 unspecified atom stereocenters. The molecule has 0 saturated carbocycles. The molecule has 2 aromatic rings. The molecule has 114 valence electrons. The van der Waals surface area contributed by atoms with E-state index in [1.54, 1.807) is 0 Å². The van der Waals surface area contributed by atoms with Crippen LogP contribution in [-0.2, 0) is 21.3 Å². The Morgan fingerprint density at radius 3 is 2.71 bits per heavy atom. The summed E-state index contributed by atoms with van der Waals surface area (Å²) in [5.74, 6) is -0.433.